The van der Waals surface area contributed by atoms with E-state index in [-0.39, 0.29) is 5.41 Å². The molecule has 0 N–H and O–H groups in total. The molecule has 2 aliphatic rings. The van der Waals surface area contributed by atoms with Crippen LogP contribution in [0.2, 0.25) is 0 Å². The van der Waals surface area contributed by atoms with Gasteiger partial charge in [-0.2, -0.15) is 0 Å². The fraction of sp³-hybridized carbons (Fsp3) is 0.619. The molecule has 21 heavy (non-hydrogen) atoms. The van der Waals surface area contributed by atoms with Crippen LogP contribution in [0.3, 0.4) is 0 Å². The zero-order valence-corrected chi connectivity index (χ0v) is 15.2. The predicted octanol–water partition coefficient (Wildman–Crippen LogP) is 6.62. The lowest BCUT2D eigenvalue weighted by Crippen LogP contribution is -2.34. The van der Waals surface area contributed by atoms with Gasteiger partial charge in [-0.1, -0.05) is 73.3 Å². The highest BCUT2D eigenvalue weighted by molar-refractivity contribution is 5.47. The Morgan fingerprint density at radius 3 is 1.38 bits per heavy atom. The molecule has 0 aromatic heterocycles. The molecule has 2 rings (SSSR count). The van der Waals surface area contributed by atoms with Gasteiger partial charge in [0.1, 0.15) is 0 Å². The summed E-state index contributed by atoms with van der Waals surface area (Å²) in [7, 11) is 0. The van der Waals surface area contributed by atoms with Gasteiger partial charge in [0.15, 0.2) is 0 Å². The summed E-state index contributed by atoms with van der Waals surface area (Å²) in [5.74, 6) is 1.20. The molecule has 0 radical (unpaired) electrons. The Morgan fingerprint density at radius 1 is 0.762 bits per heavy atom. The van der Waals surface area contributed by atoms with E-state index in [9.17, 15) is 0 Å². The Balaban J connectivity index is 2.48. The molecule has 0 heteroatoms. The molecular weight excluding hydrogens is 252 g/mol. The summed E-state index contributed by atoms with van der Waals surface area (Å²) in [6, 6.07) is 0. The zero-order chi connectivity index (χ0) is 15.9. The summed E-state index contributed by atoms with van der Waals surface area (Å²) in [4.78, 5) is 0. The smallest absolute Gasteiger partial charge is 0.00730 e. The lowest BCUT2D eigenvalue weighted by atomic mass is 9.61. The van der Waals surface area contributed by atoms with Crippen molar-refractivity contribution in [3.63, 3.8) is 0 Å². The van der Waals surface area contributed by atoms with Gasteiger partial charge in [-0.05, 0) is 46.0 Å². The van der Waals surface area contributed by atoms with Crippen molar-refractivity contribution < 1.29 is 0 Å². The van der Waals surface area contributed by atoms with Gasteiger partial charge in [-0.3, -0.25) is 0 Å². The summed E-state index contributed by atoms with van der Waals surface area (Å²) in [6.45, 7) is 18.8. The van der Waals surface area contributed by atoms with E-state index >= 15 is 0 Å². The molecule has 0 heterocycles. The van der Waals surface area contributed by atoms with E-state index in [0.717, 1.165) is 0 Å². The second kappa shape index (κ2) is 5.63. The molecule has 2 atom stereocenters. The van der Waals surface area contributed by atoms with Crippen LogP contribution in [-0.2, 0) is 0 Å². The van der Waals surface area contributed by atoms with Gasteiger partial charge in [-0.15, -0.1) is 0 Å². The first-order valence-electron chi connectivity index (χ1n) is 8.51. The van der Waals surface area contributed by atoms with Gasteiger partial charge >= 0.3 is 0 Å². The van der Waals surface area contributed by atoms with Crippen molar-refractivity contribution in [2.45, 2.75) is 68.2 Å². The highest BCUT2D eigenvalue weighted by Crippen LogP contribution is 2.54. The first-order valence-corrected chi connectivity index (χ1v) is 8.51. The number of allylic oxidation sites excluding steroid dienone is 8. The fourth-order valence-electron chi connectivity index (χ4n) is 4.81. The molecule has 0 aliphatic heterocycles. The van der Waals surface area contributed by atoms with Crippen molar-refractivity contribution in [2.24, 2.45) is 17.3 Å². The molecule has 0 amide bonds. The van der Waals surface area contributed by atoms with Crippen LogP contribution in [0.25, 0.3) is 0 Å². The topological polar surface area (TPSA) is 0 Å². The van der Waals surface area contributed by atoms with E-state index in [1.807, 2.05) is 0 Å². The van der Waals surface area contributed by atoms with Gasteiger partial charge in [0.2, 0.25) is 0 Å². The van der Waals surface area contributed by atoms with E-state index in [4.69, 9.17) is 0 Å². The molecule has 2 unspecified atom stereocenters. The van der Waals surface area contributed by atoms with Gasteiger partial charge in [0.05, 0.1) is 0 Å². The molecule has 0 saturated heterocycles. The average molecular weight is 284 g/mol. The number of rotatable bonds is 4. The predicted molar refractivity (Wildman–Crippen MR) is 94.3 cm³/mol. The lowest BCUT2D eigenvalue weighted by molar-refractivity contribution is 0.211. The molecule has 2 aliphatic carbocycles. The van der Waals surface area contributed by atoms with Crippen LogP contribution in [0.15, 0.2) is 45.6 Å². The zero-order valence-electron chi connectivity index (χ0n) is 15.2. The average Bonchev–Trinajstić information content (AvgIpc) is 2.88. The van der Waals surface area contributed by atoms with Crippen molar-refractivity contribution in [1.29, 1.82) is 0 Å². The summed E-state index contributed by atoms with van der Waals surface area (Å²) in [5, 5.41) is 0. The van der Waals surface area contributed by atoms with Gasteiger partial charge < -0.3 is 0 Å². The van der Waals surface area contributed by atoms with Crippen LogP contribution in [0.5, 0.6) is 0 Å². The molecule has 116 valence electrons. The summed E-state index contributed by atoms with van der Waals surface area (Å²) in [5.41, 5.74) is 9.67. The Kier molecular flexibility index (Phi) is 4.38. The number of hydrogen-bond acceptors (Lipinski definition) is 0. The Bertz CT molecular complexity index is 511. The molecule has 0 spiro atoms. The molecule has 0 saturated carbocycles. The van der Waals surface area contributed by atoms with Gasteiger partial charge in [0.25, 0.3) is 0 Å². The minimum Gasteiger partial charge on any atom is -0.0627 e. The van der Waals surface area contributed by atoms with Crippen LogP contribution >= 0.6 is 0 Å². The van der Waals surface area contributed by atoms with Gasteiger partial charge in [-0.25, -0.2) is 0 Å². The third kappa shape index (κ3) is 2.47. The third-order valence-corrected chi connectivity index (χ3v) is 5.96. The molecule has 0 bridgehead atoms. The standard InChI is InChI=1S/C21H32/c1-9-17-11-13(3)15(5)19(17)21(7,8)20-16(6)14(4)12-18(20)10-2/h11-12,19-20H,9-10H2,1-8H3. The van der Waals surface area contributed by atoms with Crippen LogP contribution < -0.4 is 0 Å². The maximum absolute atomic E-state index is 2.49. The summed E-state index contributed by atoms with van der Waals surface area (Å²) in [6.07, 6.45) is 7.22. The Hall–Kier alpha value is -1.04. The molecular formula is C21H32. The van der Waals surface area contributed by atoms with Crippen molar-refractivity contribution in [3.05, 3.63) is 45.6 Å². The van der Waals surface area contributed by atoms with Crippen molar-refractivity contribution >= 4 is 0 Å². The fourth-order valence-corrected chi connectivity index (χ4v) is 4.81. The maximum Gasteiger partial charge on any atom is 0.00730 e. The molecule has 0 fully saturated rings. The van der Waals surface area contributed by atoms with Crippen LogP contribution in [0, 0.1) is 17.3 Å². The first-order chi connectivity index (χ1) is 9.75. The normalized spacial score (nSPS) is 26.7. The molecule has 0 nitrogen and oxygen atoms in total. The summed E-state index contributed by atoms with van der Waals surface area (Å²) >= 11 is 0. The minimum absolute atomic E-state index is 0.257. The lowest BCUT2D eigenvalue weighted by Gasteiger charge is -2.42. The van der Waals surface area contributed by atoms with E-state index in [1.165, 1.54) is 24.0 Å². The van der Waals surface area contributed by atoms with Crippen molar-refractivity contribution in [1.82, 2.24) is 0 Å². The van der Waals surface area contributed by atoms with Crippen molar-refractivity contribution in [2.75, 3.05) is 0 Å². The third-order valence-electron chi connectivity index (χ3n) is 5.96. The van der Waals surface area contributed by atoms with E-state index < -0.39 is 0 Å². The second-order valence-electron chi connectivity index (χ2n) is 7.57. The highest BCUT2D eigenvalue weighted by Gasteiger charge is 2.44. The van der Waals surface area contributed by atoms with Crippen LogP contribution in [0.1, 0.15) is 68.2 Å². The number of hydrogen-bond donors (Lipinski definition) is 0. The van der Waals surface area contributed by atoms with Crippen LogP contribution in [0.4, 0.5) is 0 Å². The van der Waals surface area contributed by atoms with E-state index in [0.29, 0.717) is 11.8 Å². The SMILES string of the molecule is CCC1=CC(C)=C(C)C1C(C)(C)C1C(CC)=CC(C)=C1C. The minimum atomic E-state index is 0.257. The molecule has 0 aromatic carbocycles. The van der Waals surface area contributed by atoms with E-state index in [2.05, 4.69) is 67.5 Å². The Labute approximate surface area is 131 Å². The van der Waals surface area contributed by atoms with Crippen LogP contribution in [-0.4, -0.2) is 0 Å². The Morgan fingerprint density at radius 2 is 1.10 bits per heavy atom. The van der Waals surface area contributed by atoms with E-state index in [1.54, 1.807) is 22.3 Å². The quantitative estimate of drug-likeness (QED) is 0.544. The maximum atomic E-state index is 2.49. The largest absolute Gasteiger partial charge is 0.0627 e. The van der Waals surface area contributed by atoms with Crippen molar-refractivity contribution in [3.8, 4) is 0 Å². The second-order valence-corrected chi connectivity index (χ2v) is 7.57. The molecule has 0 aromatic rings. The highest BCUT2D eigenvalue weighted by atomic mass is 14.5. The monoisotopic (exact) mass is 284 g/mol. The van der Waals surface area contributed by atoms with Gasteiger partial charge in [0, 0.05) is 11.8 Å². The summed E-state index contributed by atoms with van der Waals surface area (Å²) < 4.78 is 0. The first kappa shape index (κ1) is 16.3.